The van der Waals surface area contributed by atoms with Crippen molar-refractivity contribution in [3.8, 4) is 0 Å². The van der Waals surface area contributed by atoms with E-state index in [1.807, 2.05) is 0 Å². The van der Waals surface area contributed by atoms with E-state index in [-0.39, 0.29) is 0 Å². The van der Waals surface area contributed by atoms with E-state index in [1.165, 1.54) is 53.5 Å². The Labute approximate surface area is 117 Å². The first-order valence-electron chi connectivity index (χ1n) is 7.52. The number of aryl methyl sites for hydroxylation is 1. The summed E-state index contributed by atoms with van der Waals surface area (Å²) in [5.41, 5.74) is 6.88. The molecule has 1 aromatic rings. The van der Waals surface area contributed by atoms with Gasteiger partial charge in [-0.1, -0.05) is 18.6 Å². The summed E-state index contributed by atoms with van der Waals surface area (Å²) in [7, 11) is 0. The highest BCUT2D eigenvalue weighted by Crippen LogP contribution is 2.38. The van der Waals surface area contributed by atoms with Gasteiger partial charge in [-0.2, -0.15) is 0 Å². The number of hydrogen-bond acceptors (Lipinski definition) is 1. The van der Waals surface area contributed by atoms with Crippen molar-refractivity contribution in [1.82, 2.24) is 0 Å². The van der Waals surface area contributed by atoms with Crippen LogP contribution in [0.2, 0.25) is 0 Å². The highest BCUT2D eigenvalue weighted by atomic mass is 16.3. The number of furan rings is 1. The normalized spacial score (nSPS) is 15.3. The summed E-state index contributed by atoms with van der Waals surface area (Å²) in [6.07, 6.45) is 8.45. The quantitative estimate of drug-likeness (QED) is 0.655. The number of allylic oxidation sites excluding steroid dienone is 4. The van der Waals surface area contributed by atoms with E-state index in [9.17, 15) is 0 Å². The van der Waals surface area contributed by atoms with Crippen molar-refractivity contribution in [2.24, 2.45) is 0 Å². The lowest BCUT2D eigenvalue weighted by atomic mass is 9.89. The van der Waals surface area contributed by atoms with Crippen LogP contribution in [0, 0.1) is 6.92 Å². The zero-order valence-corrected chi connectivity index (χ0v) is 13.0. The molecule has 0 amide bonds. The molecule has 0 saturated carbocycles. The fourth-order valence-corrected chi connectivity index (χ4v) is 2.84. The largest absolute Gasteiger partial charge is 0.461 e. The summed E-state index contributed by atoms with van der Waals surface area (Å²) < 4.78 is 6.17. The van der Waals surface area contributed by atoms with Crippen LogP contribution >= 0.6 is 0 Å². The van der Waals surface area contributed by atoms with E-state index >= 15 is 0 Å². The van der Waals surface area contributed by atoms with E-state index in [0.717, 1.165) is 17.9 Å². The molecule has 0 bridgehead atoms. The van der Waals surface area contributed by atoms with Crippen molar-refractivity contribution in [2.45, 2.75) is 66.7 Å². The van der Waals surface area contributed by atoms with Gasteiger partial charge >= 0.3 is 0 Å². The predicted octanol–water partition coefficient (Wildman–Crippen LogP) is 5.92. The summed E-state index contributed by atoms with van der Waals surface area (Å²) in [6, 6.07) is 0. The molecule has 0 fully saturated rings. The van der Waals surface area contributed by atoms with Crippen LogP contribution in [0.3, 0.4) is 0 Å². The van der Waals surface area contributed by atoms with Gasteiger partial charge < -0.3 is 4.42 Å². The molecule has 0 saturated heterocycles. The minimum Gasteiger partial charge on any atom is -0.461 e. The molecule has 0 N–H and O–H groups in total. The Hall–Kier alpha value is -1.24. The molecule has 0 atom stereocenters. The Kier molecular flexibility index (Phi) is 4.34. The molecule has 19 heavy (non-hydrogen) atoms. The fourth-order valence-electron chi connectivity index (χ4n) is 2.84. The van der Waals surface area contributed by atoms with Gasteiger partial charge in [0.25, 0.3) is 0 Å². The van der Waals surface area contributed by atoms with Gasteiger partial charge in [0.05, 0.1) is 0 Å². The zero-order chi connectivity index (χ0) is 14.0. The highest BCUT2D eigenvalue weighted by molar-refractivity contribution is 5.80. The van der Waals surface area contributed by atoms with Gasteiger partial charge in [-0.25, -0.2) is 0 Å². The summed E-state index contributed by atoms with van der Waals surface area (Å²) >= 11 is 0. The van der Waals surface area contributed by atoms with Crippen LogP contribution in [-0.4, -0.2) is 0 Å². The first kappa shape index (κ1) is 14.2. The molecule has 0 radical (unpaired) electrons. The molecule has 1 aliphatic carbocycles. The number of hydrogen-bond donors (Lipinski definition) is 0. The Morgan fingerprint density at radius 2 is 1.95 bits per heavy atom. The summed E-state index contributed by atoms with van der Waals surface area (Å²) in [5.74, 6) is 2.26. The lowest BCUT2D eigenvalue weighted by Crippen LogP contribution is -1.96. The average molecular weight is 258 g/mol. The molecule has 1 heterocycles. The molecule has 2 rings (SSSR count). The van der Waals surface area contributed by atoms with Crippen molar-refractivity contribution < 1.29 is 4.42 Å². The van der Waals surface area contributed by atoms with Gasteiger partial charge in [0.15, 0.2) is 0 Å². The second-order valence-corrected chi connectivity index (χ2v) is 5.81. The Morgan fingerprint density at radius 1 is 1.21 bits per heavy atom. The molecule has 104 valence electrons. The minimum atomic E-state index is 0.974. The van der Waals surface area contributed by atoms with Gasteiger partial charge in [0.1, 0.15) is 11.5 Å². The van der Waals surface area contributed by atoms with Gasteiger partial charge in [0.2, 0.25) is 0 Å². The Morgan fingerprint density at radius 3 is 2.47 bits per heavy atom. The lowest BCUT2D eigenvalue weighted by Gasteiger charge is -2.14. The molecular formula is C18H26O. The molecule has 0 unspecified atom stereocenters. The second kappa shape index (κ2) is 5.81. The third kappa shape index (κ3) is 2.70. The maximum absolute atomic E-state index is 6.17. The Bertz CT molecular complexity index is 522. The van der Waals surface area contributed by atoms with Crippen LogP contribution in [-0.2, 0) is 6.42 Å². The molecule has 0 aromatic carbocycles. The van der Waals surface area contributed by atoms with Crippen molar-refractivity contribution in [1.29, 1.82) is 0 Å². The van der Waals surface area contributed by atoms with Crippen LogP contribution < -0.4 is 0 Å². The molecular weight excluding hydrogens is 232 g/mol. The average Bonchev–Trinajstić information content (AvgIpc) is 2.75. The highest BCUT2D eigenvalue weighted by Gasteiger charge is 2.21. The van der Waals surface area contributed by atoms with Crippen LogP contribution in [0.5, 0.6) is 0 Å². The van der Waals surface area contributed by atoms with Crippen LogP contribution in [0.1, 0.15) is 76.0 Å². The third-order valence-corrected chi connectivity index (χ3v) is 4.27. The van der Waals surface area contributed by atoms with Crippen molar-refractivity contribution >= 4 is 11.1 Å². The van der Waals surface area contributed by atoms with Gasteiger partial charge in [-0.15, -0.1) is 0 Å². The topological polar surface area (TPSA) is 13.1 Å². The molecule has 1 aromatic heterocycles. The van der Waals surface area contributed by atoms with Crippen LogP contribution in [0.25, 0.3) is 11.1 Å². The van der Waals surface area contributed by atoms with Gasteiger partial charge in [-0.3, -0.25) is 0 Å². The van der Waals surface area contributed by atoms with Crippen LogP contribution in [0.4, 0.5) is 0 Å². The third-order valence-electron chi connectivity index (χ3n) is 4.27. The maximum Gasteiger partial charge on any atom is 0.137 e. The fraction of sp³-hybridized carbons (Fsp3) is 0.556. The predicted molar refractivity (Wildman–Crippen MR) is 83.2 cm³/mol. The van der Waals surface area contributed by atoms with E-state index in [1.54, 1.807) is 0 Å². The van der Waals surface area contributed by atoms with Gasteiger partial charge in [-0.05, 0) is 70.1 Å². The first-order chi connectivity index (χ1) is 9.06. The molecule has 1 aliphatic rings. The van der Waals surface area contributed by atoms with Crippen molar-refractivity contribution in [2.75, 3.05) is 0 Å². The summed E-state index contributed by atoms with van der Waals surface area (Å²) in [6.45, 7) is 10.9. The van der Waals surface area contributed by atoms with Gasteiger partial charge in [0, 0.05) is 12.0 Å². The van der Waals surface area contributed by atoms with Crippen molar-refractivity contribution in [3.63, 3.8) is 0 Å². The summed E-state index contributed by atoms with van der Waals surface area (Å²) in [5, 5.41) is 0. The van der Waals surface area contributed by atoms with Crippen molar-refractivity contribution in [3.05, 3.63) is 34.3 Å². The van der Waals surface area contributed by atoms with E-state index < -0.39 is 0 Å². The maximum atomic E-state index is 6.17. The lowest BCUT2D eigenvalue weighted by molar-refractivity contribution is 0.500. The second-order valence-electron chi connectivity index (χ2n) is 5.81. The monoisotopic (exact) mass is 258 g/mol. The smallest absolute Gasteiger partial charge is 0.137 e. The molecule has 0 aliphatic heterocycles. The molecule has 1 nitrogen and oxygen atoms in total. The molecule has 0 spiro atoms. The van der Waals surface area contributed by atoms with Crippen LogP contribution in [0.15, 0.2) is 16.1 Å². The minimum absolute atomic E-state index is 0.974. The zero-order valence-electron chi connectivity index (χ0n) is 13.0. The molecule has 1 heteroatoms. The Balaban J connectivity index is 2.60. The number of rotatable bonds is 3. The van der Waals surface area contributed by atoms with E-state index in [0.29, 0.717) is 0 Å². The first-order valence-corrected chi connectivity index (χ1v) is 7.52. The van der Waals surface area contributed by atoms with E-state index in [2.05, 4.69) is 40.7 Å². The van der Waals surface area contributed by atoms with E-state index in [4.69, 9.17) is 4.42 Å². The standard InChI is InChI=1S/C18H26O/c1-6-16-14(5)17(15-10-8-7-9-11-15)18(19-16)13(4)12(2)3/h10H,6-9,11H2,1-5H3. The SMILES string of the molecule is CCc1oc(C(C)=C(C)C)c(C2=CCCCC2)c1C. The summed E-state index contributed by atoms with van der Waals surface area (Å²) in [4.78, 5) is 0.